The van der Waals surface area contributed by atoms with Gasteiger partial charge in [0.15, 0.2) is 0 Å². The van der Waals surface area contributed by atoms with Crippen molar-refractivity contribution in [3.05, 3.63) is 23.8 Å². The van der Waals surface area contributed by atoms with Crippen molar-refractivity contribution < 1.29 is 9.59 Å². The lowest BCUT2D eigenvalue weighted by Crippen LogP contribution is -2.51. The van der Waals surface area contributed by atoms with E-state index in [-0.39, 0.29) is 30.1 Å². The largest absolute Gasteiger partial charge is 0.326 e. The third-order valence-electron chi connectivity index (χ3n) is 4.47. The first-order valence-electron chi connectivity index (χ1n) is 7.78. The van der Waals surface area contributed by atoms with E-state index < -0.39 is 5.54 Å². The summed E-state index contributed by atoms with van der Waals surface area (Å²) in [6.07, 6.45) is 3.81. The second kappa shape index (κ2) is 7.79. The summed E-state index contributed by atoms with van der Waals surface area (Å²) in [4.78, 5) is 23.8. The normalized spacial score (nSPS) is 23.6. The van der Waals surface area contributed by atoms with Crippen molar-refractivity contribution in [1.82, 2.24) is 0 Å². The second-order valence-electron chi connectivity index (χ2n) is 6.45. The number of carbonyl (C=O) groups is 2. The number of nitrogens with one attached hydrogen (secondary N) is 2. The molecule has 2 atom stereocenters. The Bertz CT molecular complexity index is 587. The maximum atomic E-state index is 12.6. The summed E-state index contributed by atoms with van der Waals surface area (Å²) in [5, 5.41) is 5.75. The first-order valence-corrected chi connectivity index (χ1v) is 7.78. The Morgan fingerprint density at radius 2 is 1.83 bits per heavy atom. The number of amides is 2. The van der Waals surface area contributed by atoms with Crippen LogP contribution in [0.2, 0.25) is 0 Å². The van der Waals surface area contributed by atoms with Gasteiger partial charge in [0.25, 0.3) is 0 Å². The maximum Gasteiger partial charge on any atom is 0.229 e. The molecule has 1 saturated carbocycles. The Morgan fingerprint density at radius 1 is 1.22 bits per heavy atom. The van der Waals surface area contributed by atoms with Gasteiger partial charge in [0.05, 0.1) is 5.92 Å². The molecule has 0 aromatic heterocycles. The van der Waals surface area contributed by atoms with Gasteiger partial charge in [-0.05, 0) is 44.4 Å². The van der Waals surface area contributed by atoms with Crippen LogP contribution in [0, 0.1) is 12.8 Å². The number of hydrogen-bond acceptors (Lipinski definition) is 3. The number of anilines is 2. The van der Waals surface area contributed by atoms with Crippen LogP contribution in [0.1, 0.15) is 45.1 Å². The molecule has 0 heterocycles. The summed E-state index contributed by atoms with van der Waals surface area (Å²) in [5.74, 6) is -0.341. The molecule has 23 heavy (non-hydrogen) atoms. The third-order valence-corrected chi connectivity index (χ3v) is 4.47. The van der Waals surface area contributed by atoms with E-state index >= 15 is 0 Å². The van der Waals surface area contributed by atoms with Gasteiger partial charge in [-0.2, -0.15) is 0 Å². The highest BCUT2D eigenvalue weighted by molar-refractivity contribution is 5.96. The summed E-state index contributed by atoms with van der Waals surface area (Å²) in [6, 6.07) is 5.48. The van der Waals surface area contributed by atoms with Crippen molar-refractivity contribution in [2.75, 3.05) is 10.6 Å². The number of benzene rings is 1. The highest BCUT2D eigenvalue weighted by Crippen LogP contribution is 2.33. The number of rotatable bonds is 3. The summed E-state index contributed by atoms with van der Waals surface area (Å²) >= 11 is 0. The Kier molecular flexibility index (Phi) is 6.59. The summed E-state index contributed by atoms with van der Waals surface area (Å²) in [5.41, 5.74) is 8.12. The molecule has 0 aliphatic heterocycles. The molecule has 1 aromatic carbocycles. The highest BCUT2D eigenvalue weighted by Gasteiger charge is 2.37. The predicted molar refractivity (Wildman–Crippen MR) is 95.9 cm³/mol. The molecule has 128 valence electrons. The van der Waals surface area contributed by atoms with Crippen molar-refractivity contribution >= 4 is 35.6 Å². The molecule has 2 amide bonds. The Morgan fingerprint density at radius 3 is 2.39 bits per heavy atom. The van der Waals surface area contributed by atoms with Crippen molar-refractivity contribution in [2.24, 2.45) is 11.7 Å². The first kappa shape index (κ1) is 19.5. The van der Waals surface area contributed by atoms with E-state index in [2.05, 4.69) is 10.6 Å². The second-order valence-corrected chi connectivity index (χ2v) is 6.45. The summed E-state index contributed by atoms with van der Waals surface area (Å²) in [6.45, 7) is 5.30. The average molecular weight is 340 g/mol. The predicted octanol–water partition coefficient (Wildman–Crippen LogP) is 3.22. The third kappa shape index (κ3) is 4.69. The van der Waals surface area contributed by atoms with Gasteiger partial charge in [-0.3, -0.25) is 9.59 Å². The molecule has 6 heteroatoms. The van der Waals surface area contributed by atoms with E-state index in [1.54, 1.807) is 0 Å². The van der Waals surface area contributed by atoms with Gasteiger partial charge >= 0.3 is 0 Å². The molecule has 1 aliphatic carbocycles. The number of hydrogen-bond donors (Lipinski definition) is 3. The van der Waals surface area contributed by atoms with E-state index in [1.165, 1.54) is 6.92 Å². The fraction of sp³-hybridized carbons (Fsp3) is 0.529. The van der Waals surface area contributed by atoms with Crippen molar-refractivity contribution in [3.63, 3.8) is 0 Å². The van der Waals surface area contributed by atoms with E-state index in [1.807, 2.05) is 32.0 Å². The first-order chi connectivity index (χ1) is 10.3. The molecule has 4 N–H and O–H groups in total. The van der Waals surface area contributed by atoms with Crippen LogP contribution in [0.4, 0.5) is 11.4 Å². The number of halogens is 1. The lowest BCUT2D eigenvalue weighted by molar-refractivity contribution is -0.122. The van der Waals surface area contributed by atoms with Crippen LogP contribution in [0.25, 0.3) is 0 Å². The van der Waals surface area contributed by atoms with E-state index in [0.29, 0.717) is 5.69 Å². The van der Waals surface area contributed by atoms with Crippen molar-refractivity contribution in [2.45, 2.75) is 52.0 Å². The van der Waals surface area contributed by atoms with Crippen molar-refractivity contribution in [1.29, 1.82) is 0 Å². The molecule has 2 unspecified atom stereocenters. The van der Waals surface area contributed by atoms with E-state index in [4.69, 9.17) is 5.73 Å². The Hall–Kier alpha value is -1.59. The smallest absolute Gasteiger partial charge is 0.229 e. The van der Waals surface area contributed by atoms with Crippen LogP contribution < -0.4 is 16.4 Å². The Balaban J connectivity index is 0.00000264. The minimum absolute atomic E-state index is 0. The molecule has 1 fully saturated rings. The zero-order valence-electron chi connectivity index (χ0n) is 13.9. The molecule has 1 aliphatic rings. The summed E-state index contributed by atoms with van der Waals surface area (Å²) in [7, 11) is 0. The van der Waals surface area contributed by atoms with Crippen LogP contribution in [0.15, 0.2) is 18.2 Å². The monoisotopic (exact) mass is 339 g/mol. The zero-order valence-corrected chi connectivity index (χ0v) is 14.8. The van der Waals surface area contributed by atoms with Gasteiger partial charge in [-0.1, -0.05) is 18.9 Å². The van der Waals surface area contributed by atoms with Gasteiger partial charge < -0.3 is 16.4 Å². The molecule has 1 aromatic rings. The van der Waals surface area contributed by atoms with Crippen LogP contribution in [-0.4, -0.2) is 17.4 Å². The molecule has 0 radical (unpaired) electrons. The van der Waals surface area contributed by atoms with Crippen LogP contribution in [0.3, 0.4) is 0 Å². The van der Waals surface area contributed by atoms with Gasteiger partial charge in [-0.25, -0.2) is 0 Å². The lowest BCUT2D eigenvalue weighted by atomic mass is 9.74. The highest BCUT2D eigenvalue weighted by atomic mass is 35.5. The van der Waals surface area contributed by atoms with Gasteiger partial charge in [0.2, 0.25) is 11.8 Å². The zero-order chi connectivity index (χ0) is 16.3. The Labute approximate surface area is 143 Å². The number of carbonyl (C=O) groups excluding carboxylic acids is 2. The topological polar surface area (TPSA) is 84.2 Å². The molecule has 5 nitrogen and oxygen atoms in total. The minimum atomic E-state index is -0.453. The molecular weight excluding hydrogens is 314 g/mol. The van der Waals surface area contributed by atoms with Crippen LogP contribution >= 0.6 is 12.4 Å². The van der Waals surface area contributed by atoms with Gasteiger partial charge in [-0.15, -0.1) is 12.4 Å². The maximum absolute atomic E-state index is 12.6. The number of nitrogens with two attached hydrogens (primary N) is 1. The van der Waals surface area contributed by atoms with Crippen molar-refractivity contribution in [3.8, 4) is 0 Å². The quantitative estimate of drug-likeness (QED) is 0.790. The molecule has 0 saturated heterocycles. The fourth-order valence-electron chi connectivity index (χ4n) is 3.10. The van der Waals surface area contributed by atoms with Gasteiger partial charge in [0.1, 0.15) is 0 Å². The molecule has 2 rings (SSSR count). The van der Waals surface area contributed by atoms with Crippen LogP contribution in [0.5, 0.6) is 0 Å². The van der Waals surface area contributed by atoms with Gasteiger partial charge in [0, 0.05) is 23.8 Å². The molecule has 0 bridgehead atoms. The molecular formula is C17H26ClN3O2. The fourth-order valence-corrected chi connectivity index (χ4v) is 3.10. The molecule has 0 spiro atoms. The van der Waals surface area contributed by atoms with E-state index in [0.717, 1.165) is 36.9 Å². The minimum Gasteiger partial charge on any atom is -0.326 e. The average Bonchev–Trinajstić information content (AvgIpc) is 2.42. The van der Waals surface area contributed by atoms with Crippen LogP contribution in [-0.2, 0) is 9.59 Å². The standard InChI is InChI=1S/C17H25N3O2.ClH/c1-11-14(19-12(2)21)8-6-9-15(11)20-16(22)13-7-4-5-10-17(13,3)18;/h6,8-9,13H,4-5,7,10,18H2,1-3H3,(H,19,21)(H,20,22);1H. The summed E-state index contributed by atoms with van der Waals surface area (Å²) < 4.78 is 0. The lowest BCUT2D eigenvalue weighted by Gasteiger charge is -2.37. The SMILES string of the molecule is CC(=O)Nc1cccc(NC(=O)C2CCCCC2(C)N)c1C.Cl. The van der Waals surface area contributed by atoms with E-state index in [9.17, 15) is 9.59 Å².